The van der Waals surface area contributed by atoms with E-state index in [1.165, 1.54) is 48.2 Å². The van der Waals surface area contributed by atoms with Gasteiger partial charge < -0.3 is 15.0 Å². The molecular formula is C34H25F4N3O5S2. The van der Waals surface area contributed by atoms with Gasteiger partial charge in [-0.25, -0.2) is 4.39 Å². The van der Waals surface area contributed by atoms with E-state index in [1.54, 1.807) is 12.1 Å². The largest absolute Gasteiger partial charge is 0.483 e. The summed E-state index contributed by atoms with van der Waals surface area (Å²) in [5.41, 5.74) is 0.0799. The van der Waals surface area contributed by atoms with Crippen molar-refractivity contribution in [2.45, 2.75) is 28.8 Å². The summed E-state index contributed by atoms with van der Waals surface area (Å²) in [5, 5.41) is 3.18. The number of carbonyl (C=O) groups is 3. The number of nitrogens with zero attached hydrogens (tertiary/aromatic N) is 1. The fourth-order valence-corrected chi connectivity index (χ4v) is 11.1. The third kappa shape index (κ3) is 4.95. The number of alkyl halides is 3. The number of para-hydroxylation sites is 1. The van der Waals surface area contributed by atoms with E-state index in [0.717, 1.165) is 38.8 Å². The fraction of sp³-hybridized carbons (Fsp3) is 0.294. The minimum absolute atomic E-state index is 0.0955. The molecule has 8 nitrogen and oxygen atoms in total. The summed E-state index contributed by atoms with van der Waals surface area (Å²) in [4.78, 5) is 57.7. The number of H-pyrrole nitrogens is 1. The minimum atomic E-state index is -4.64. The molecule has 2 aliphatic heterocycles. The number of ether oxygens (including phenoxy) is 1. The zero-order valence-corrected chi connectivity index (χ0v) is 26.3. The Bertz CT molecular complexity index is 2030. The number of aromatic nitrogens is 1. The van der Waals surface area contributed by atoms with Crippen molar-refractivity contribution >= 4 is 52.2 Å². The van der Waals surface area contributed by atoms with Gasteiger partial charge in [0.2, 0.25) is 11.8 Å². The number of halogens is 4. The van der Waals surface area contributed by atoms with Crippen molar-refractivity contribution in [2.75, 3.05) is 16.8 Å². The molecule has 4 aliphatic rings. The lowest BCUT2D eigenvalue weighted by Gasteiger charge is -2.43. The molecule has 7 atom stereocenters. The topological polar surface area (TPSA) is 109 Å². The quantitative estimate of drug-likeness (QED) is 0.181. The van der Waals surface area contributed by atoms with E-state index in [4.69, 9.17) is 4.74 Å². The third-order valence-electron chi connectivity index (χ3n) is 9.90. The first-order valence-electron chi connectivity index (χ1n) is 15.2. The van der Waals surface area contributed by atoms with Crippen molar-refractivity contribution in [3.63, 3.8) is 0 Å². The number of carbonyl (C=O) groups excluding carboxylic acids is 3. The molecule has 1 aromatic heterocycles. The van der Waals surface area contributed by atoms with E-state index < -0.39 is 53.0 Å². The van der Waals surface area contributed by atoms with E-state index in [0.29, 0.717) is 22.9 Å². The molecule has 3 aromatic carbocycles. The molecule has 2 saturated carbocycles. The molecule has 8 rings (SSSR count). The number of imide groups is 1. The molecule has 14 heteroatoms. The Morgan fingerprint density at radius 3 is 2.44 bits per heavy atom. The van der Waals surface area contributed by atoms with Crippen LogP contribution in [0.4, 0.5) is 28.9 Å². The maximum atomic E-state index is 14.0. The van der Waals surface area contributed by atoms with Crippen LogP contribution >= 0.6 is 23.1 Å². The van der Waals surface area contributed by atoms with Crippen LogP contribution in [0.25, 0.3) is 0 Å². The maximum absolute atomic E-state index is 14.0. The molecule has 2 N–H and O–H groups in total. The van der Waals surface area contributed by atoms with Gasteiger partial charge in [-0.2, -0.15) is 13.2 Å². The maximum Gasteiger partial charge on any atom is 0.416 e. The number of hydrogen-bond acceptors (Lipinski definition) is 7. The number of benzene rings is 3. The summed E-state index contributed by atoms with van der Waals surface area (Å²) in [7, 11) is 0. The van der Waals surface area contributed by atoms with Crippen molar-refractivity contribution in [1.82, 2.24) is 4.98 Å². The predicted molar refractivity (Wildman–Crippen MR) is 169 cm³/mol. The highest BCUT2D eigenvalue weighted by Crippen LogP contribution is 2.69. The summed E-state index contributed by atoms with van der Waals surface area (Å²) in [6.45, 7) is -0.351. The molecule has 6 unspecified atom stereocenters. The van der Waals surface area contributed by atoms with E-state index in [-0.39, 0.29) is 40.2 Å². The lowest BCUT2D eigenvalue weighted by Crippen LogP contribution is -2.42. The van der Waals surface area contributed by atoms with Crippen LogP contribution in [0, 0.1) is 35.4 Å². The van der Waals surface area contributed by atoms with Gasteiger partial charge in [0.15, 0.2) is 6.61 Å². The van der Waals surface area contributed by atoms with Gasteiger partial charge in [-0.15, -0.1) is 11.8 Å². The Morgan fingerprint density at radius 1 is 0.958 bits per heavy atom. The number of anilines is 2. The Hall–Kier alpha value is -4.43. The van der Waals surface area contributed by atoms with Crippen LogP contribution in [0.1, 0.15) is 28.3 Å². The van der Waals surface area contributed by atoms with Gasteiger partial charge in [-0.05, 0) is 72.7 Å². The lowest BCUT2D eigenvalue weighted by atomic mass is 9.68. The van der Waals surface area contributed by atoms with Crippen molar-refractivity contribution in [1.29, 1.82) is 0 Å². The highest BCUT2D eigenvalue weighted by molar-refractivity contribution is 8.00. The molecule has 0 radical (unpaired) electrons. The van der Waals surface area contributed by atoms with Gasteiger partial charge in [0, 0.05) is 27.3 Å². The molecule has 4 aromatic rings. The summed E-state index contributed by atoms with van der Waals surface area (Å²) >= 11 is 2.55. The highest BCUT2D eigenvalue weighted by Gasteiger charge is 2.70. The number of fused-ring (bicyclic) bond motifs is 9. The number of amides is 3. The van der Waals surface area contributed by atoms with Gasteiger partial charge in [0.05, 0.1) is 28.1 Å². The lowest BCUT2D eigenvalue weighted by molar-refractivity contribution is -0.137. The van der Waals surface area contributed by atoms with Crippen LogP contribution in [0.2, 0.25) is 0 Å². The Balaban J connectivity index is 1.12. The highest BCUT2D eigenvalue weighted by atomic mass is 32.2. The van der Waals surface area contributed by atoms with Gasteiger partial charge in [0.1, 0.15) is 11.6 Å². The van der Waals surface area contributed by atoms with Crippen LogP contribution in [0.3, 0.4) is 0 Å². The smallest absolute Gasteiger partial charge is 0.416 e. The summed E-state index contributed by atoms with van der Waals surface area (Å²) < 4.78 is 59.9. The molecule has 48 heavy (non-hydrogen) atoms. The molecule has 1 saturated heterocycles. The molecule has 3 fully saturated rings. The summed E-state index contributed by atoms with van der Waals surface area (Å²) in [6, 6.07) is 16.8. The summed E-state index contributed by atoms with van der Waals surface area (Å²) in [5.74, 6) is -4.02. The second kappa shape index (κ2) is 11.3. The van der Waals surface area contributed by atoms with Gasteiger partial charge >= 0.3 is 11.0 Å². The van der Waals surface area contributed by atoms with Crippen molar-refractivity contribution < 1.29 is 36.7 Å². The van der Waals surface area contributed by atoms with Crippen LogP contribution in [-0.4, -0.2) is 34.6 Å². The molecule has 3 heterocycles. The monoisotopic (exact) mass is 695 g/mol. The van der Waals surface area contributed by atoms with Crippen LogP contribution in [-0.2, 0) is 20.6 Å². The average Bonchev–Trinajstić information content (AvgIpc) is 3.79. The Morgan fingerprint density at radius 2 is 1.69 bits per heavy atom. The number of thioether (sulfide) groups is 1. The number of hydrogen-bond donors (Lipinski definition) is 2. The number of thiazole rings is 1. The van der Waals surface area contributed by atoms with Gasteiger partial charge in [-0.1, -0.05) is 35.6 Å². The third-order valence-corrected chi connectivity index (χ3v) is 12.5. The Labute approximate surface area is 278 Å². The van der Waals surface area contributed by atoms with Crippen LogP contribution in [0.5, 0.6) is 5.75 Å². The van der Waals surface area contributed by atoms with Crippen molar-refractivity contribution in [3.05, 3.63) is 104 Å². The van der Waals surface area contributed by atoms with Gasteiger partial charge in [0.25, 0.3) is 5.91 Å². The zero-order chi connectivity index (χ0) is 33.5. The molecule has 246 valence electrons. The Kier molecular flexibility index (Phi) is 7.29. The number of rotatable bonds is 6. The SMILES string of the molecule is O=C(COc1ccccc1[C@H]1c2sc(=O)[nH]c2SC2C3CC(C4C(=O)N(c5cccc(C(F)(F)F)c5)C(=O)C34)C21)Nc1ccc(F)cc1. The minimum Gasteiger partial charge on any atom is -0.483 e. The first-order chi connectivity index (χ1) is 23.0. The second-order valence-electron chi connectivity index (χ2n) is 12.4. The number of aromatic amines is 1. The summed E-state index contributed by atoms with van der Waals surface area (Å²) in [6.07, 6.45) is -4.05. The standard InChI is InChI=1S/C34H25F4N3O5S2/c35-16-8-10-17(11-9-16)39-23(42)14-46-22-7-2-1-6-19(22)24-25-20-13-21(28(25)47-30-29(24)48-33(45)40-30)27-26(20)31(43)41(32(27)44)18-5-3-4-15(12-18)34(36,37)38/h1-12,20-21,24-28H,13-14H2,(H,39,42)(H,40,45)/t20?,21?,24-,25?,26?,27?,28?/m1/s1. The normalized spacial score (nSPS) is 27.1. The molecule has 3 amide bonds. The number of nitrogens with one attached hydrogen (secondary N) is 2. The predicted octanol–water partition coefficient (Wildman–Crippen LogP) is 6.29. The first kappa shape index (κ1) is 30.9. The van der Waals surface area contributed by atoms with Gasteiger partial charge in [-0.3, -0.25) is 24.1 Å². The van der Waals surface area contributed by atoms with Crippen molar-refractivity contribution in [3.8, 4) is 5.75 Å². The van der Waals surface area contributed by atoms with E-state index >= 15 is 0 Å². The average molecular weight is 696 g/mol. The molecular weight excluding hydrogens is 671 g/mol. The first-order valence-corrected chi connectivity index (χ1v) is 16.9. The zero-order valence-electron chi connectivity index (χ0n) is 24.7. The van der Waals surface area contributed by atoms with E-state index in [9.17, 15) is 36.7 Å². The van der Waals surface area contributed by atoms with E-state index in [2.05, 4.69) is 10.3 Å². The van der Waals surface area contributed by atoms with E-state index in [1.807, 2.05) is 12.1 Å². The second-order valence-corrected chi connectivity index (χ2v) is 14.6. The van der Waals surface area contributed by atoms with Crippen LogP contribution < -0.4 is 19.8 Å². The van der Waals surface area contributed by atoms with Crippen molar-refractivity contribution in [2.24, 2.45) is 29.6 Å². The van der Waals surface area contributed by atoms with Crippen LogP contribution in [0.15, 0.2) is 82.6 Å². The molecule has 2 bridgehead atoms. The molecule has 2 aliphatic carbocycles. The molecule has 0 spiro atoms. The fourth-order valence-electron chi connectivity index (χ4n) is 8.18.